The monoisotopic (exact) mass is 509 g/mol. The van der Waals surface area contributed by atoms with Gasteiger partial charge in [-0.1, -0.05) is 0 Å². The van der Waals surface area contributed by atoms with E-state index >= 15 is 0 Å². The molecule has 0 bridgehead atoms. The highest BCUT2D eigenvalue weighted by molar-refractivity contribution is 5.72. The summed E-state index contributed by atoms with van der Waals surface area (Å²) < 4.78 is 44.3. The van der Waals surface area contributed by atoms with E-state index in [9.17, 15) is 23.1 Å². The first-order chi connectivity index (χ1) is 16.8. The largest absolute Gasteiger partial charge is 0.507 e. The predicted molar refractivity (Wildman–Crippen MR) is 130 cm³/mol. The van der Waals surface area contributed by atoms with Crippen molar-refractivity contribution in [3.8, 4) is 17.0 Å². The van der Waals surface area contributed by atoms with E-state index in [2.05, 4.69) is 20.4 Å². The molecule has 198 valence electrons. The maximum absolute atomic E-state index is 13.0. The summed E-state index contributed by atoms with van der Waals surface area (Å²) in [5.74, 6) is -0.255. The lowest BCUT2D eigenvalue weighted by atomic mass is 10.00. The molecule has 0 aliphatic carbocycles. The van der Waals surface area contributed by atoms with Gasteiger partial charge in [0.2, 0.25) is 0 Å². The van der Waals surface area contributed by atoms with Crippen LogP contribution in [0.4, 0.5) is 19.0 Å². The number of hydrogen-bond acceptors (Lipinski definition) is 8. The van der Waals surface area contributed by atoms with Crippen molar-refractivity contribution in [1.29, 1.82) is 0 Å². The number of phenols is 1. The number of phenolic OH excluding ortho intramolecular Hbond substituents is 1. The molecule has 1 aliphatic rings. The molecule has 1 atom stereocenters. The third kappa shape index (κ3) is 7.07. The lowest BCUT2D eigenvalue weighted by Crippen LogP contribution is -2.43. The fraction of sp³-hybridized carbons (Fsp3) is 0.560. The van der Waals surface area contributed by atoms with Crippen molar-refractivity contribution in [1.82, 2.24) is 15.1 Å². The molecular formula is C25H34F3N5O3. The number of carbonyl (C=O) groups excluding carboxylic acids is 1. The summed E-state index contributed by atoms with van der Waals surface area (Å²) in [6, 6.07) is 2.82. The molecule has 1 aromatic heterocycles. The standard InChI is InChI=1S/C25H34F3N5O3/c1-15-19(13-29)23(32-31-22(15)18-8-7-16(12-20(18)34)25(26,27)28)30-17-6-5-10-33(14-17)11-9-21(35)36-24(2,3)4/h7-8,12,17,34H,5-6,9-11,13-14,29H2,1-4H3,(H,30,32)/t17-/m1/s1. The number of benzene rings is 1. The van der Waals surface area contributed by atoms with E-state index in [1.165, 1.54) is 6.07 Å². The lowest BCUT2D eigenvalue weighted by molar-refractivity contribution is -0.155. The van der Waals surface area contributed by atoms with Gasteiger partial charge in [0, 0.05) is 36.8 Å². The highest BCUT2D eigenvalue weighted by atomic mass is 19.4. The molecule has 0 amide bonds. The van der Waals surface area contributed by atoms with Gasteiger partial charge in [-0.05, 0) is 70.8 Å². The van der Waals surface area contributed by atoms with Crippen molar-refractivity contribution in [2.75, 3.05) is 25.0 Å². The number of nitrogens with one attached hydrogen (secondary N) is 1. The second-order valence-electron chi connectivity index (χ2n) is 10.1. The molecule has 8 nitrogen and oxygen atoms in total. The van der Waals surface area contributed by atoms with E-state index in [-0.39, 0.29) is 29.8 Å². The zero-order chi connectivity index (χ0) is 26.7. The average Bonchev–Trinajstić information content (AvgIpc) is 2.77. The maximum atomic E-state index is 13.0. The molecule has 1 aromatic carbocycles. The highest BCUT2D eigenvalue weighted by Gasteiger charge is 2.31. The minimum atomic E-state index is -4.56. The van der Waals surface area contributed by atoms with Gasteiger partial charge in [0.05, 0.1) is 12.0 Å². The number of piperidine rings is 1. The topological polar surface area (TPSA) is 114 Å². The summed E-state index contributed by atoms with van der Waals surface area (Å²) in [5, 5.41) is 22.1. The number of aromatic hydroxyl groups is 1. The second-order valence-corrected chi connectivity index (χ2v) is 10.1. The normalized spacial score (nSPS) is 17.2. The van der Waals surface area contributed by atoms with Crippen LogP contribution in [0, 0.1) is 6.92 Å². The van der Waals surface area contributed by atoms with Crippen LogP contribution >= 0.6 is 0 Å². The fourth-order valence-corrected chi connectivity index (χ4v) is 4.30. The molecule has 0 spiro atoms. The Labute approximate surface area is 209 Å². The van der Waals surface area contributed by atoms with Crippen LogP contribution in [-0.4, -0.2) is 57.5 Å². The molecule has 0 unspecified atom stereocenters. The van der Waals surface area contributed by atoms with E-state index in [1.807, 2.05) is 20.8 Å². The van der Waals surface area contributed by atoms with Crippen molar-refractivity contribution in [2.24, 2.45) is 5.73 Å². The molecule has 0 radical (unpaired) electrons. The van der Waals surface area contributed by atoms with Crippen LogP contribution < -0.4 is 11.1 Å². The van der Waals surface area contributed by atoms with Crippen molar-refractivity contribution in [3.05, 3.63) is 34.9 Å². The zero-order valence-electron chi connectivity index (χ0n) is 21.1. The molecule has 36 heavy (non-hydrogen) atoms. The van der Waals surface area contributed by atoms with Gasteiger partial charge in [-0.2, -0.15) is 13.2 Å². The van der Waals surface area contributed by atoms with Crippen molar-refractivity contribution >= 4 is 11.8 Å². The number of aromatic nitrogens is 2. The predicted octanol–water partition coefficient (Wildman–Crippen LogP) is 4.24. The van der Waals surface area contributed by atoms with Gasteiger partial charge in [-0.25, -0.2) is 0 Å². The van der Waals surface area contributed by atoms with E-state index in [0.717, 1.165) is 25.5 Å². The summed E-state index contributed by atoms with van der Waals surface area (Å²) in [7, 11) is 0. The van der Waals surface area contributed by atoms with Crippen LogP contribution in [-0.2, 0) is 22.3 Å². The van der Waals surface area contributed by atoms with Crippen LogP contribution in [0.5, 0.6) is 5.75 Å². The molecule has 1 saturated heterocycles. The van der Waals surface area contributed by atoms with Crippen LogP contribution in [0.2, 0.25) is 0 Å². The number of anilines is 1. The van der Waals surface area contributed by atoms with Crippen LogP contribution in [0.15, 0.2) is 18.2 Å². The number of carbonyl (C=O) groups is 1. The fourth-order valence-electron chi connectivity index (χ4n) is 4.30. The Bertz CT molecular complexity index is 1090. The smallest absolute Gasteiger partial charge is 0.416 e. The number of alkyl halides is 3. The summed E-state index contributed by atoms with van der Waals surface area (Å²) >= 11 is 0. The van der Waals surface area contributed by atoms with Crippen molar-refractivity contribution < 1.29 is 27.8 Å². The van der Waals surface area contributed by atoms with Crippen molar-refractivity contribution in [2.45, 2.75) is 71.3 Å². The molecule has 2 aromatic rings. The summed E-state index contributed by atoms with van der Waals surface area (Å²) in [6.45, 7) is 9.58. The number of likely N-dealkylation sites (tertiary alicyclic amines) is 1. The van der Waals surface area contributed by atoms with E-state index in [4.69, 9.17) is 10.5 Å². The molecule has 4 N–H and O–H groups in total. The van der Waals surface area contributed by atoms with Gasteiger partial charge in [0.1, 0.15) is 17.0 Å². The van der Waals surface area contributed by atoms with Crippen molar-refractivity contribution in [3.63, 3.8) is 0 Å². The van der Waals surface area contributed by atoms with Gasteiger partial charge in [-0.3, -0.25) is 4.79 Å². The minimum absolute atomic E-state index is 0.0571. The van der Waals surface area contributed by atoms with E-state index in [1.54, 1.807) is 6.92 Å². The third-order valence-electron chi connectivity index (χ3n) is 6.03. The zero-order valence-corrected chi connectivity index (χ0v) is 21.1. The number of hydrogen-bond donors (Lipinski definition) is 3. The first-order valence-corrected chi connectivity index (χ1v) is 12.0. The lowest BCUT2D eigenvalue weighted by Gasteiger charge is -2.33. The average molecular weight is 510 g/mol. The first-order valence-electron chi connectivity index (χ1n) is 12.0. The Balaban J connectivity index is 1.72. The number of nitrogens with two attached hydrogens (primary N) is 1. The maximum Gasteiger partial charge on any atom is 0.416 e. The SMILES string of the molecule is Cc1c(-c2ccc(C(F)(F)F)cc2O)nnc(N[C@@H]2CCCN(CCC(=O)OC(C)(C)C)C2)c1CN. The summed E-state index contributed by atoms with van der Waals surface area (Å²) in [4.78, 5) is 14.3. The van der Waals surface area contributed by atoms with E-state index < -0.39 is 23.1 Å². The number of halogens is 3. The first kappa shape index (κ1) is 27.7. The Hall–Kier alpha value is -2.92. The van der Waals surface area contributed by atoms with Crippen LogP contribution in [0.1, 0.15) is 56.7 Å². The number of esters is 1. The highest BCUT2D eigenvalue weighted by Crippen LogP contribution is 2.37. The van der Waals surface area contributed by atoms with E-state index in [0.29, 0.717) is 42.5 Å². The number of nitrogens with zero attached hydrogens (tertiary/aromatic N) is 3. The van der Waals surface area contributed by atoms with Gasteiger partial charge in [0.15, 0.2) is 5.82 Å². The second kappa shape index (κ2) is 11.0. The molecule has 1 aliphatic heterocycles. The molecule has 3 rings (SSSR count). The summed E-state index contributed by atoms with van der Waals surface area (Å²) in [6.07, 6.45) is -2.42. The Morgan fingerprint density at radius 1 is 1.28 bits per heavy atom. The quantitative estimate of drug-likeness (QED) is 0.475. The molecule has 11 heteroatoms. The summed E-state index contributed by atoms with van der Waals surface area (Å²) in [5.41, 5.74) is 6.27. The van der Waals surface area contributed by atoms with Gasteiger partial charge in [0.25, 0.3) is 0 Å². The Kier molecular flexibility index (Phi) is 8.45. The molecule has 1 fully saturated rings. The number of ether oxygens (including phenoxy) is 1. The van der Waals surface area contributed by atoms with Gasteiger partial charge < -0.3 is 25.8 Å². The van der Waals surface area contributed by atoms with Crippen LogP contribution in [0.3, 0.4) is 0 Å². The molecular weight excluding hydrogens is 475 g/mol. The molecule has 0 saturated carbocycles. The Morgan fingerprint density at radius 3 is 2.61 bits per heavy atom. The Morgan fingerprint density at radius 2 is 2.00 bits per heavy atom. The van der Waals surface area contributed by atoms with Crippen LogP contribution in [0.25, 0.3) is 11.3 Å². The van der Waals surface area contributed by atoms with Gasteiger partial charge in [-0.15, -0.1) is 10.2 Å². The minimum Gasteiger partial charge on any atom is -0.507 e. The number of rotatable bonds is 7. The molecule has 2 heterocycles. The third-order valence-corrected chi connectivity index (χ3v) is 6.03. The van der Waals surface area contributed by atoms with Gasteiger partial charge >= 0.3 is 12.1 Å².